The van der Waals surface area contributed by atoms with Gasteiger partial charge in [-0.2, -0.15) is 12.7 Å². The van der Waals surface area contributed by atoms with E-state index in [0.29, 0.717) is 32.7 Å². The Bertz CT molecular complexity index is 243. The van der Waals surface area contributed by atoms with Gasteiger partial charge in [0.25, 0.3) is 0 Å². The minimum atomic E-state index is -3.49. The van der Waals surface area contributed by atoms with E-state index >= 15 is 0 Å². The predicted octanol–water partition coefficient (Wildman–Crippen LogP) is -2.89. The Labute approximate surface area is 109 Å². The SMILES string of the molecule is CCCOS(=O)(=O)N1CCOCC1.[H-].[Na+]. The Balaban J connectivity index is 0. The molecular formula is C7H16NNaO4S. The van der Waals surface area contributed by atoms with Gasteiger partial charge in [-0.15, -0.1) is 0 Å². The Kier molecular flexibility index (Phi) is 7.59. The molecule has 80 valence electrons. The van der Waals surface area contributed by atoms with Gasteiger partial charge in [-0.25, -0.2) is 0 Å². The summed E-state index contributed by atoms with van der Waals surface area (Å²) in [5, 5.41) is 0. The molecule has 14 heavy (non-hydrogen) atoms. The minimum absolute atomic E-state index is 0. The maximum atomic E-state index is 11.4. The van der Waals surface area contributed by atoms with Crippen molar-refractivity contribution in [3.05, 3.63) is 0 Å². The van der Waals surface area contributed by atoms with E-state index in [-0.39, 0.29) is 37.6 Å². The van der Waals surface area contributed by atoms with Crippen LogP contribution in [0, 0.1) is 0 Å². The van der Waals surface area contributed by atoms with E-state index in [1.807, 2.05) is 6.92 Å². The molecule has 0 spiro atoms. The van der Waals surface area contributed by atoms with Crippen molar-refractivity contribution in [3.8, 4) is 0 Å². The zero-order chi connectivity index (χ0) is 9.73. The van der Waals surface area contributed by atoms with Gasteiger partial charge in [0, 0.05) is 13.1 Å². The van der Waals surface area contributed by atoms with E-state index in [9.17, 15) is 8.42 Å². The number of hydrogen-bond donors (Lipinski definition) is 0. The van der Waals surface area contributed by atoms with Gasteiger partial charge in [0.15, 0.2) is 0 Å². The van der Waals surface area contributed by atoms with E-state index in [1.54, 1.807) is 0 Å². The van der Waals surface area contributed by atoms with Crippen molar-refractivity contribution in [1.29, 1.82) is 0 Å². The van der Waals surface area contributed by atoms with Crippen LogP contribution in [-0.2, 0) is 19.2 Å². The Morgan fingerprint density at radius 3 is 2.50 bits per heavy atom. The van der Waals surface area contributed by atoms with Crippen molar-refractivity contribution >= 4 is 10.3 Å². The van der Waals surface area contributed by atoms with Crippen molar-refractivity contribution in [1.82, 2.24) is 4.31 Å². The Hall–Kier alpha value is 0.830. The molecule has 0 radical (unpaired) electrons. The molecule has 0 bridgehead atoms. The standard InChI is InChI=1S/C7H15NO4S.Na.H/c1-2-5-12-13(9,10)8-3-6-11-7-4-8;;/h2-7H2,1H3;;/q;+1;-1. The van der Waals surface area contributed by atoms with Crippen molar-refractivity contribution in [2.24, 2.45) is 0 Å². The van der Waals surface area contributed by atoms with Gasteiger partial charge in [0.05, 0.1) is 19.8 Å². The summed E-state index contributed by atoms with van der Waals surface area (Å²) in [5.74, 6) is 0. The van der Waals surface area contributed by atoms with E-state index in [1.165, 1.54) is 4.31 Å². The Morgan fingerprint density at radius 1 is 1.43 bits per heavy atom. The molecule has 1 aliphatic rings. The Morgan fingerprint density at radius 2 is 2.00 bits per heavy atom. The van der Waals surface area contributed by atoms with Gasteiger partial charge in [0.2, 0.25) is 0 Å². The maximum absolute atomic E-state index is 11.4. The molecule has 0 unspecified atom stereocenters. The summed E-state index contributed by atoms with van der Waals surface area (Å²) in [7, 11) is -3.49. The summed E-state index contributed by atoms with van der Waals surface area (Å²) in [4.78, 5) is 0. The molecular weight excluding hydrogens is 217 g/mol. The number of hydrogen-bond acceptors (Lipinski definition) is 4. The molecule has 0 amide bonds. The second kappa shape index (κ2) is 7.16. The largest absolute Gasteiger partial charge is 1.00 e. The molecule has 0 aromatic rings. The number of nitrogens with zero attached hydrogens (tertiary/aromatic N) is 1. The van der Waals surface area contributed by atoms with Crippen LogP contribution in [-0.4, -0.2) is 45.6 Å². The summed E-state index contributed by atoms with van der Waals surface area (Å²) < 4.78 is 33.9. The van der Waals surface area contributed by atoms with Crippen LogP contribution >= 0.6 is 0 Å². The topological polar surface area (TPSA) is 55.8 Å². The minimum Gasteiger partial charge on any atom is -1.00 e. The molecule has 1 rings (SSSR count). The second-order valence-electron chi connectivity index (χ2n) is 2.79. The average Bonchev–Trinajstić information content (AvgIpc) is 2.16. The van der Waals surface area contributed by atoms with E-state index in [4.69, 9.17) is 8.92 Å². The monoisotopic (exact) mass is 233 g/mol. The van der Waals surface area contributed by atoms with Gasteiger partial charge in [-0.1, -0.05) is 6.92 Å². The van der Waals surface area contributed by atoms with Crippen LogP contribution in [0.25, 0.3) is 0 Å². The van der Waals surface area contributed by atoms with Crippen molar-refractivity contribution in [3.63, 3.8) is 0 Å². The normalized spacial score (nSPS) is 18.9. The first-order chi connectivity index (χ1) is 6.17. The summed E-state index contributed by atoms with van der Waals surface area (Å²) in [6, 6.07) is 0. The molecule has 0 aromatic heterocycles. The van der Waals surface area contributed by atoms with E-state index in [2.05, 4.69) is 0 Å². The molecule has 7 heteroatoms. The fourth-order valence-corrected chi connectivity index (χ4v) is 2.16. The molecule has 0 atom stereocenters. The third kappa shape index (κ3) is 4.57. The number of morpholine rings is 1. The van der Waals surface area contributed by atoms with Crippen LogP contribution in [0.15, 0.2) is 0 Å². The first kappa shape index (κ1) is 14.8. The molecule has 1 fully saturated rings. The third-order valence-electron chi connectivity index (χ3n) is 1.72. The third-order valence-corrected chi connectivity index (χ3v) is 3.18. The van der Waals surface area contributed by atoms with Gasteiger partial charge >= 0.3 is 39.9 Å². The zero-order valence-electron chi connectivity index (χ0n) is 9.73. The van der Waals surface area contributed by atoms with Crippen molar-refractivity contribution < 1.29 is 48.3 Å². The summed E-state index contributed by atoms with van der Waals surface area (Å²) in [5.41, 5.74) is 0. The first-order valence-corrected chi connectivity index (χ1v) is 5.75. The van der Waals surface area contributed by atoms with Crippen LogP contribution in [0.4, 0.5) is 0 Å². The molecule has 1 heterocycles. The van der Waals surface area contributed by atoms with Crippen LogP contribution in [0.5, 0.6) is 0 Å². The molecule has 1 aliphatic heterocycles. The number of ether oxygens (including phenoxy) is 1. The summed E-state index contributed by atoms with van der Waals surface area (Å²) in [6.07, 6.45) is 0.698. The van der Waals surface area contributed by atoms with Gasteiger partial charge < -0.3 is 6.16 Å². The number of rotatable bonds is 4. The maximum Gasteiger partial charge on any atom is 1.00 e. The van der Waals surface area contributed by atoms with E-state index in [0.717, 1.165) is 0 Å². The van der Waals surface area contributed by atoms with Crippen LogP contribution < -0.4 is 29.6 Å². The molecule has 0 N–H and O–H groups in total. The molecule has 1 saturated heterocycles. The first-order valence-electron chi connectivity index (χ1n) is 4.39. The summed E-state index contributed by atoms with van der Waals surface area (Å²) >= 11 is 0. The van der Waals surface area contributed by atoms with Crippen LogP contribution in [0.1, 0.15) is 14.8 Å². The smallest absolute Gasteiger partial charge is 1.00 e. The molecule has 0 aromatic carbocycles. The summed E-state index contributed by atoms with van der Waals surface area (Å²) in [6.45, 7) is 3.82. The molecule has 5 nitrogen and oxygen atoms in total. The fraction of sp³-hybridized carbons (Fsp3) is 1.00. The van der Waals surface area contributed by atoms with Gasteiger partial charge in [-0.3, -0.25) is 4.18 Å². The second-order valence-corrected chi connectivity index (χ2v) is 4.40. The molecule has 0 aliphatic carbocycles. The predicted molar refractivity (Wildman–Crippen MR) is 48.7 cm³/mol. The van der Waals surface area contributed by atoms with Crippen LogP contribution in [0.2, 0.25) is 0 Å². The van der Waals surface area contributed by atoms with Crippen molar-refractivity contribution in [2.75, 3.05) is 32.9 Å². The van der Waals surface area contributed by atoms with E-state index < -0.39 is 10.3 Å². The van der Waals surface area contributed by atoms with Gasteiger partial charge in [0.1, 0.15) is 0 Å². The average molecular weight is 233 g/mol. The zero-order valence-corrected chi connectivity index (χ0v) is 11.5. The quantitative estimate of drug-likeness (QED) is 0.489. The van der Waals surface area contributed by atoms with Gasteiger partial charge in [-0.05, 0) is 6.42 Å². The van der Waals surface area contributed by atoms with Crippen LogP contribution in [0.3, 0.4) is 0 Å². The molecule has 0 saturated carbocycles. The fourth-order valence-electron chi connectivity index (χ4n) is 1.03. The van der Waals surface area contributed by atoms with Crippen molar-refractivity contribution in [2.45, 2.75) is 13.3 Å².